The van der Waals surface area contributed by atoms with E-state index in [9.17, 15) is 9.59 Å². The molecule has 0 aliphatic rings. The number of hydrogen-bond donors (Lipinski definition) is 2. The molecule has 0 spiro atoms. The van der Waals surface area contributed by atoms with Gasteiger partial charge < -0.3 is 16.4 Å². The number of aromatic nitrogens is 1. The predicted molar refractivity (Wildman–Crippen MR) is 80.8 cm³/mol. The quantitative estimate of drug-likeness (QED) is 0.859. The molecule has 0 saturated carbocycles. The van der Waals surface area contributed by atoms with E-state index >= 15 is 0 Å². The Morgan fingerprint density at radius 2 is 1.95 bits per heavy atom. The maximum absolute atomic E-state index is 12.2. The minimum Gasteiger partial charge on any atom is -0.366 e. The molecule has 2 aromatic rings. The van der Waals surface area contributed by atoms with Crippen LogP contribution in [0.3, 0.4) is 0 Å². The van der Waals surface area contributed by atoms with E-state index in [1.165, 1.54) is 11.3 Å². The van der Waals surface area contributed by atoms with Crippen molar-refractivity contribution < 1.29 is 9.59 Å². The first-order valence-electron chi connectivity index (χ1n) is 6.30. The van der Waals surface area contributed by atoms with Crippen LogP contribution in [0.25, 0.3) is 0 Å². The molecule has 6 nitrogen and oxygen atoms in total. The molecule has 1 aromatic heterocycles. The van der Waals surface area contributed by atoms with Crippen LogP contribution in [0.1, 0.15) is 31.4 Å². The third-order valence-corrected chi connectivity index (χ3v) is 3.82. The van der Waals surface area contributed by atoms with Crippen molar-refractivity contribution in [3.8, 4) is 0 Å². The fourth-order valence-electron chi connectivity index (χ4n) is 1.82. The summed E-state index contributed by atoms with van der Waals surface area (Å²) >= 11 is 1.37. The Morgan fingerprint density at radius 3 is 2.48 bits per heavy atom. The summed E-state index contributed by atoms with van der Waals surface area (Å²) in [5.41, 5.74) is 12.4. The molecule has 0 unspecified atom stereocenters. The van der Waals surface area contributed by atoms with E-state index in [0.717, 1.165) is 10.6 Å². The molecule has 0 saturated heterocycles. The van der Waals surface area contributed by atoms with Gasteiger partial charge in [0.25, 0.3) is 5.91 Å². The monoisotopic (exact) mass is 304 g/mol. The first-order valence-corrected chi connectivity index (χ1v) is 7.18. The van der Waals surface area contributed by atoms with Gasteiger partial charge >= 0.3 is 0 Å². The zero-order valence-electron chi connectivity index (χ0n) is 11.6. The fourth-order valence-corrected chi connectivity index (χ4v) is 2.47. The van der Waals surface area contributed by atoms with Gasteiger partial charge in [-0.25, -0.2) is 4.98 Å². The molecule has 110 valence electrons. The zero-order chi connectivity index (χ0) is 15.4. The number of benzene rings is 1. The van der Waals surface area contributed by atoms with Gasteiger partial charge in [-0.1, -0.05) is 12.1 Å². The Bertz CT molecular complexity index is 651. The molecule has 0 aliphatic carbocycles. The first-order chi connectivity index (χ1) is 10.0. The summed E-state index contributed by atoms with van der Waals surface area (Å²) in [5, 5.41) is 2.44. The van der Waals surface area contributed by atoms with Gasteiger partial charge in [0.05, 0.1) is 0 Å². The van der Waals surface area contributed by atoms with Crippen LogP contribution in [-0.2, 0) is 13.1 Å². The maximum Gasteiger partial charge on any atom is 0.273 e. The molecule has 7 heteroatoms. The molecule has 1 heterocycles. The molecule has 21 heavy (non-hydrogen) atoms. The van der Waals surface area contributed by atoms with E-state index in [1.807, 2.05) is 0 Å². The largest absolute Gasteiger partial charge is 0.366 e. The average molecular weight is 304 g/mol. The lowest BCUT2D eigenvalue weighted by Crippen LogP contribution is -2.26. The van der Waals surface area contributed by atoms with Crippen molar-refractivity contribution in [3.05, 3.63) is 51.5 Å². The second-order valence-corrected chi connectivity index (χ2v) is 5.50. The Labute approximate surface area is 126 Å². The van der Waals surface area contributed by atoms with Gasteiger partial charge in [-0.15, -0.1) is 11.3 Å². The lowest BCUT2D eigenvalue weighted by Gasteiger charge is -2.16. The van der Waals surface area contributed by atoms with Crippen molar-refractivity contribution in [2.75, 3.05) is 7.05 Å². The van der Waals surface area contributed by atoms with Crippen LogP contribution in [0.2, 0.25) is 0 Å². The molecule has 0 fully saturated rings. The molecule has 0 radical (unpaired) electrons. The van der Waals surface area contributed by atoms with Crippen molar-refractivity contribution >= 4 is 23.2 Å². The lowest BCUT2D eigenvalue weighted by atomic mass is 10.1. The van der Waals surface area contributed by atoms with E-state index in [4.69, 9.17) is 11.5 Å². The van der Waals surface area contributed by atoms with Crippen LogP contribution in [0, 0.1) is 0 Å². The lowest BCUT2D eigenvalue weighted by molar-refractivity contribution is 0.0779. The second-order valence-electron chi connectivity index (χ2n) is 4.55. The predicted octanol–water partition coefficient (Wildman–Crippen LogP) is 0.973. The molecule has 2 rings (SSSR count). The molecule has 1 aromatic carbocycles. The summed E-state index contributed by atoms with van der Waals surface area (Å²) in [7, 11) is 1.70. The number of thiazole rings is 1. The van der Waals surface area contributed by atoms with Crippen LogP contribution in [-0.4, -0.2) is 28.7 Å². The highest BCUT2D eigenvalue weighted by Crippen LogP contribution is 2.13. The number of rotatable bonds is 5. The zero-order valence-corrected chi connectivity index (χ0v) is 12.4. The number of carbonyl (C=O) groups excluding carboxylic acids is 2. The Balaban J connectivity index is 2.04. The number of carbonyl (C=O) groups is 2. The highest BCUT2D eigenvalue weighted by molar-refractivity contribution is 7.09. The summed E-state index contributed by atoms with van der Waals surface area (Å²) in [6, 6.07) is 6.84. The number of nitrogens with two attached hydrogens (primary N) is 2. The van der Waals surface area contributed by atoms with Crippen LogP contribution < -0.4 is 11.5 Å². The van der Waals surface area contributed by atoms with Crippen molar-refractivity contribution in [1.82, 2.24) is 9.88 Å². The van der Waals surface area contributed by atoms with Gasteiger partial charge in [-0.3, -0.25) is 9.59 Å². The van der Waals surface area contributed by atoms with E-state index in [2.05, 4.69) is 4.98 Å². The van der Waals surface area contributed by atoms with Crippen LogP contribution >= 0.6 is 11.3 Å². The third kappa shape index (κ3) is 3.65. The van der Waals surface area contributed by atoms with Crippen molar-refractivity contribution in [1.29, 1.82) is 0 Å². The van der Waals surface area contributed by atoms with E-state index in [0.29, 0.717) is 24.3 Å². The SMILES string of the molecule is CN(Cc1ccc(C(N)=O)cc1)C(=O)c1csc(CN)n1. The highest BCUT2D eigenvalue weighted by Gasteiger charge is 2.15. The van der Waals surface area contributed by atoms with Crippen molar-refractivity contribution in [3.63, 3.8) is 0 Å². The minimum absolute atomic E-state index is 0.162. The minimum atomic E-state index is -0.470. The van der Waals surface area contributed by atoms with Gasteiger partial charge in [0, 0.05) is 31.1 Å². The maximum atomic E-state index is 12.2. The summed E-state index contributed by atoms with van der Waals surface area (Å²) in [5.74, 6) is -0.632. The molecule has 4 N–H and O–H groups in total. The number of nitrogens with zero attached hydrogens (tertiary/aromatic N) is 2. The Morgan fingerprint density at radius 1 is 1.29 bits per heavy atom. The summed E-state index contributed by atoms with van der Waals surface area (Å²) in [6.45, 7) is 0.754. The van der Waals surface area contributed by atoms with E-state index < -0.39 is 5.91 Å². The van der Waals surface area contributed by atoms with Gasteiger partial charge in [0.2, 0.25) is 5.91 Å². The normalized spacial score (nSPS) is 10.4. The number of amides is 2. The number of primary amides is 1. The van der Waals surface area contributed by atoms with Crippen LogP contribution in [0.15, 0.2) is 29.6 Å². The molecule has 0 bridgehead atoms. The molecular weight excluding hydrogens is 288 g/mol. The molecule has 2 amide bonds. The second kappa shape index (κ2) is 6.47. The third-order valence-electron chi connectivity index (χ3n) is 2.95. The topological polar surface area (TPSA) is 102 Å². The van der Waals surface area contributed by atoms with E-state index in [1.54, 1.807) is 41.6 Å². The molecule has 0 atom stereocenters. The van der Waals surface area contributed by atoms with E-state index in [-0.39, 0.29) is 5.91 Å². The van der Waals surface area contributed by atoms with Crippen molar-refractivity contribution in [2.45, 2.75) is 13.1 Å². The molecular formula is C14H16N4O2S. The smallest absolute Gasteiger partial charge is 0.273 e. The van der Waals surface area contributed by atoms with Gasteiger partial charge in [-0.2, -0.15) is 0 Å². The average Bonchev–Trinajstić information content (AvgIpc) is 2.95. The Hall–Kier alpha value is -2.25. The van der Waals surface area contributed by atoms with Gasteiger partial charge in [0.1, 0.15) is 10.7 Å². The highest BCUT2D eigenvalue weighted by atomic mass is 32.1. The number of hydrogen-bond acceptors (Lipinski definition) is 5. The standard InChI is InChI=1S/C14H16N4O2S/c1-18(14(20)11-8-21-12(6-15)17-11)7-9-2-4-10(5-3-9)13(16)19/h2-5,8H,6-7,15H2,1H3,(H2,16,19). The Kier molecular flexibility index (Phi) is 4.66. The summed E-state index contributed by atoms with van der Waals surface area (Å²) < 4.78 is 0. The van der Waals surface area contributed by atoms with Gasteiger partial charge in [-0.05, 0) is 17.7 Å². The fraction of sp³-hybridized carbons (Fsp3) is 0.214. The first kappa shape index (κ1) is 15.1. The van der Waals surface area contributed by atoms with Crippen LogP contribution in [0.4, 0.5) is 0 Å². The summed E-state index contributed by atoms with van der Waals surface area (Å²) in [4.78, 5) is 28.9. The van der Waals surface area contributed by atoms with Gasteiger partial charge in [0.15, 0.2) is 0 Å². The summed E-state index contributed by atoms with van der Waals surface area (Å²) in [6.07, 6.45) is 0. The molecule has 0 aliphatic heterocycles. The van der Waals surface area contributed by atoms with Crippen LogP contribution in [0.5, 0.6) is 0 Å². The van der Waals surface area contributed by atoms with Crippen molar-refractivity contribution in [2.24, 2.45) is 11.5 Å².